The lowest BCUT2D eigenvalue weighted by Gasteiger charge is -2.31. The van der Waals surface area contributed by atoms with Crippen LogP contribution in [0.1, 0.15) is 129 Å². The number of H-pyrrole nitrogens is 1. The van der Waals surface area contributed by atoms with E-state index in [2.05, 4.69) is 73.8 Å². The van der Waals surface area contributed by atoms with Gasteiger partial charge >= 0.3 is 0 Å². The predicted molar refractivity (Wildman–Crippen MR) is 445 cm³/mol. The van der Waals surface area contributed by atoms with E-state index in [1.165, 1.54) is 43.0 Å². The molecule has 0 spiro atoms. The summed E-state index contributed by atoms with van der Waals surface area (Å²) in [4.78, 5) is 184. The zero-order valence-electron chi connectivity index (χ0n) is 67.6. The summed E-state index contributed by atoms with van der Waals surface area (Å²) in [6.45, 7) is 12.9. The number of hydrogen-bond acceptors (Lipinski definition) is 17. The van der Waals surface area contributed by atoms with Crippen molar-refractivity contribution in [3.63, 3.8) is 0 Å². The van der Waals surface area contributed by atoms with Gasteiger partial charge in [-0.25, -0.2) is 0 Å². The fourth-order valence-electron chi connectivity index (χ4n) is 12.9. The first-order valence-corrected chi connectivity index (χ1v) is 39.4. The average Bonchev–Trinajstić information content (AvgIpc) is 1.59. The van der Waals surface area contributed by atoms with Crippen LogP contribution >= 0.6 is 11.6 Å². The highest BCUT2D eigenvalue weighted by molar-refractivity contribution is 6.30. The van der Waals surface area contributed by atoms with Crippen LogP contribution in [0, 0.1) is 11.3 Å². The first-order chi connectivity index (χ1) is 56.1. The molecule has 1 aliphatic heterocycles. The number of likely N-dealkylation sites (tertiary alicyclic amines) is 1. The number of carboxylic acids is 2. The van der Waals surface area contributed by atoms with E-state index in [9.17, 15) is 43.8 Å². The van der Waals surface area contributed by atoms with Crippen molar-refractivity contribution in [2.24, 2.45) is 22.4 Å². The number of aromatic nitrogens is 1. The van der Waals surface area contributed by atoms with Crippen LogP contribution in [-0.2, 0) is 88.0 Å². The summed E-state index contributed by atoms with van der Waals surface area (Å²) < 4.78 is 0. The zero-order valence-corrected chi connectivity index (χ0v) is 68.4. The second-order valence-electron chi connectivity index (χ2n) is 28.8. The lowest BCUT2D eigenvalue weighted by Crippen LogP contribution is -2.61. The van der Waals surface area contributed by atoms with E-state index in [0.29, 0.717) is 76.6 Å². The number of halogens is 1. The van der Waals surface area contributed by atoms with Gasteiger partial charge in [-0.05, 0) is 141 Å². The number of hydrogen-bond donors (Lipinski definition) is 20. The van der Waals surface area contributed by atoms with Crippen molar-refractivity contribution in [2.75, 3.05) is 39.3 Å². The molecule has 0 saturated carbocycles. The molecule has 5 aromatic carbocycles. The number of aliphatic imine (C=N–C) groups is 1. The number of amides is 11. The number of aromatic hydroxyl groups is 1. The van der Waals surface area contributed by atoms with Gasteiger partial charge in [0.05, 0.1) is 6.61 Å². The molecule has 7 rings (SSSR count). The largest absolute Gasteiger partial charge is 0.508 e. The van der Waals surface area contributed by atoms with Crippen molar-refractivity contribution in [2.45, 2.75) is 193 Å². The Kier molecular flexibility index (Phi) is 40.3. The highest BCUT2D eigenvalue weighted by atomic mass is 35.5. The van der Waals surface area contributed by atoms with Crippen LogP contribution in [0.4, 0.5) is 0 Å². The number of unbranched alkanes of at least 4 members (excludes halogenated alkanes) is 1. The fourth-order valence-corrected chi connectivity index (χ4v) is 13.0. The van der Waals surface area contributed by atoms with Crippen molar-refractivity contribution in [1.29, 1.82) is 5.41 Å². The molecule has 2 heterocycles. The summed E-state index contributed by atoms with van der Waals surface area (Å²) in [5, 5.41) is 80.5. The number of aromatic amines is 1. The topological polar surface area (TPSA) is 554 Å². The number of carboxylic acid groups (broad SMARTS) is 2. The second kappa shape index (κ2) is 49.5. The van der Waals surface area contributed by atoms with Gasteiger partial charge in [0.25, 0.3) is 11.9 Å². The van der Waals surface area contributed by atoms with E-state index in [-0.39, 0.29) is 94.9 Å². The van der Waals surface area contributed by atoms with Crippen LogP contribution in [0.25, 0.3) is 21.7 Å². The molecule has 1 aromatic heterocycles. The maximum Gasteiger partial charge on any atom is 0.300 e. The van der Waals surface area contributed by atoms with E-state index in [4.69, 9.17) is 48.3 Å². The molecule has 118 heavy (non-hydrogen) atoms. The third-order valence-corrected chi connectivity index (χ3v) is 18.8. The predicted octanol–water partition coefficient (Wildman–Crippen LogP) is 2.06. The highest BCUT2D eigenvalue weighted by Gasteiger charge is 2.41. The quantitative estimate of drug-likeness (QED) is 0.0148. The molecule has 10 atom stereocenters. The number of para-hydroxylation sites is 1. The minimum Gasteiger partial charge on any atom is -0.508 e. The van der Waals surface area contributed by atoms with Gasteiger partial charge in [0.2, 0.25) is 65.0 Å². The first-order valence-electron chi connectivity index (χ1n) is 39.0. The molecule has 10 unspecified atom stereocenters. The number of fused-ring (bicyclic) bond motifs is 2. The number of phenols is 1. The number of primary amides is 1. The summed E-state index contributed by atoms with van der Waals surface area (Å²) in [5.41, 5.74) is 13.9. The Morgan fingerprint density at radius 3 is 1.61 bits per heavy atom. The highest BCUT2D eigenvalue weighted by Crippen LogP contribution is 2.24. The van der Waals surface area contributed by atoms with Crippen molar-refractivity contribution in [1.82, 2.24) is 73.7 Å². The summed E-state index contributed by atoms with van der Waals surface area (Å²) >= 11 is 6.29. The van der Waals surface area contributed by atoms with Crippen LogP contribution in [0.3, 0.4) is 0 Å². The number of nitrogens with two attached hydrogens (primary N) is 2. The number of benzene rings is 5. The van der Waals surface area contributed by atoms with Gasteiger partial charge in [-0.1, -0.05) is 110 Å². The van der Waals surface area contributed by atoms with Gasteiger partial charge < -0.3 is 106 Å². The molecule has 0 radical (unpaired) electrons. The number of aliphatic carboxylic acids is 2. The van der Waals surface area contributed by atoms with Gasteiger partial charge in [0, 0.05) is 101 Å². The molecule has 35 nitrogen and oxygen atoms in total. The Labute approximate surface area is 689 Å². The number of carbonyl (C=O) groups excluding carboxylic acids is 11. The zero-order chi connectivity index (χ0) is 87.1. The summed E-state index contributed by atoms with van der Waals surface area (Å²) in [6, 6.07) is 19.0. The normalized spacial score (nSPS) is 14.6. The van der Waals surface area contributed by atoms with Gasteiger partial charge in [0.15, 0.2) is 11.9 Å². The maximum absolute atomic E-state index is 15.2. The van der Waals surface area contributed by atoms with E-state index >= 15 is 19.2 Å². The number of aliphatic hydroxyl groups excluding tert-OH is 1. The van der Waals surface area contributed by atoms with Gasteiger partial charge in [0.1, 0.15) is 66.2 Å². The minimum absolute atomic E-state index is 0.0107. The molecule has 11 amide bonds. The summed E-state index contributed by atoms with van der Waals surface area (Å²) in [6.07, 6.45) is 2.59. The number of nitrogens with one attached hydrogen (secondary N) is 14. The van der Waals surface area contributed by atoms with Crippen molar-refractivity contribution in [3.05, 3.63) is 149 Å². The lowest BCUT2D eigenvalue weighted by molar-refractivity contribution is -0.142. The monoisotopic (exact) mass is 1660 g/mol. The average molecular weight is 1660 g/mol. The van der Waals surface area contributed by atoms with E-state index in [0.717, 1.165) is 24.6 Å². The number of phenolic OH excluding ortho intramolecular Hbond substituents is 1. The number of carbonyl (C=O) groups is 13. The molecule has 0 aliphatic carbocycles. The van der Waals surface area contributed by atoms with Crippen LogP contribution in [-0.4, -0.2) is 219 Å². The third kappa shape index (κ3) is 33.4. The van der Waals surface area contributed by atoms with Gasteiger partial charge in [-0.3, -0.25) is 72.7 Å². The van der Waals surface area contributed by atoms with Gasteiger partial charge in [-0.2, -0.15) is 0 Å². The van der Waals surface area contributed by atoms with Gasteiger partial charge in [-0.15, -0.1) is 0 Å². The maximum atomic E-state index is 15.2. The third-order valence-electron chi connectivity index (χ3n) is 18.6. The first kappa shape index (κ1) is 96.2. The Balaban J connectivity index is 0.00000296. The SMILES string of the molecule is CC(=O)O.CC(=O)O.CCN=C(NCC)NCCCCC(NC(=O)C(Cc1ccc(O)cc1)NC(=O)C(CO)NC(=O)C(Cc1c[nH]c2ccccc12)NC(=O)C(Cc1ccc(Cl)cc1)NC(=O)C(Cc1ccc2ccccc2c1)NC(C)=O)C(=O)NC(CC(C)C)C(=O)NC(CCCNC(=N)N)C(=O)N1CCCC1C(=O)NC(C)C(N)=O. The van der Waals surface area contributed by atoms with E-state index in [1.807, 2.05) is 62.4 Å². The molecular formula is C82H113ClN18O17. The summed E-state index contributed by atoms with van der Waals surface area (Å²) in [5.74, 6) is -10.6. The molecule has 22 N–H and O–H groups in total. The molecule has 1 saturated heterocycles. The minimum atomic E-state index is -1.83. The Morgan fingerprint density at radius 2 is 1.04 bits per heavy atom. The molecule has 36 heteroatoms. The molecule has 6 aromatic rings. The Morgan fingerprint density at radius 1 is 0.559 bits per heavy atom. The van der Waals surface area contributed by atoms with Crippen LogP contribution in [0.2, 0.25) is 5.02 Å². The Hall–Kier alpha value is -12.4. The lowest BCUT2D eigenvalue weighted by atomic mass is 9.99. The van der Waals surface area contributed by atoms with Crippen LogP contribution < -0.4 is 75.3 Å². The van der Waals surface area contributed by atoms with Crippen LogP contribution in [0.15, 0.2) is 126 Å². The van der Waals surface area contributed by atoms with Crippen LogP contribution in [0.5, 0.6) is 5.75 Å². The number of rotatable bonds is 41. The number of aliphatic hydroxyl groups is 1. The number of guanidine groups is 2. The van der Waals surface area contributed by atoms with Crippen molar-refractivity contribution >= 4 is 122 Å². The standard InChI is InChI=1S/C78H105ClN18O13.2C2H4O2/c1-7-83-78(84-8-2)86-34-14-13-21-58(68(102)92-60(37-45(3)4)69(103)91-59(22-15-35-85-77(81)82)76(110)97-36-16-23-66(97)75(109)88-46(5)67(80)101)90-71(105)62(40-49-27-32-55(100)33-28-49)94-74(108)65(44-98)96-73(107)64(42-53-43-87-57-20-12-11-19-56(53)57)95-72(106)63(39-48-25-30-54(79)31-26-48)93-70(104)61(89-47(6)99)41-50-24-29-51-17-9-10-18-52(51)38-50;2*1-2(3)4/h9-12,17-20,24-33,38,43,45-46,58-66,87,98,100H,7-8,13-16,21-23,34-37,39-42,44H2,1-6H3,(H2,80,101)(H,88,109)(H,89,99)(H,90,105)(H,91,103)(H,92,102)(H,93,104)(H,94,108)(H,95,106)(H,96,107)(H4,81,82,85)(H2,83,84,86);2*1H3,(H,3,4). The fraction of sp³-hybridized carbons (Fsp3) is 0.451. The number of nitrogens with zero attached hydrogens (tertiary/aromatic N) is 2. The summed E-state index contributed by atoms with van der Waals surface area (Å²) in [7, 11) is 0. The van der Waals surface area contributed by atoms with E-state index < -0.39 is 144 Å². The van der Waals surface area contributed by atoms with E-state index in [1.54, 1.807) is 62.5 Å². The second-order valence-corrected chi connectivity index (χ2v) is 29.2. The van der Waals surface area contributed by atoms with Crippen molar-refractivity contribution in [3.8, 4) is 5.75 Å². The molecular weight excluding hydrogens is 1540 g/mol. The molecule has 1 fully saturated rings. The Bertz CT molecular complexity index is 4410. The molecule has 640 valence electrons. The molecule has 0 bridgehead atoms. The smallest absolute Gasteiger partial charge is 0.300 e. The van der Waals surface area contributed by atoms with Crippen molar-refractivity contribution < 1.29 is 82.8 Å². The molecule has 1 aliphatic rings.